The van der Waals surface area contributed by atoms with Gasteiger partial charge in [0.2, 0.25) is 0 Å². The number of rotatable bonds is 4. The van der Waals surface area contributed by atoms with Gasteiger partial charge in [-0.05, 0) is 91.7 Å². The fourth-order valence-electron chi connectivity index (χ4n) is 6.48. The molecule has 1 amide bonds. The molecule has 2 aromatic heterocycles. The van der Waals surface area contributed by atoms with Crippen molar-refractivity contribution in [1.82, 2.24) is 24.3 Å². The van der Waals surface area contributed by atoms with Crippen molar-refractivity contribution in [3.63, 3.8) is 0 Å². The standard InChI is InChI=1S/C26H40N6O2.C3H8O2/c1-25(2,3)34-24(33)30-14-11-26(17-30)10-5-6-12-31(26)16-19-7-8-20(15-19)32-13-9-21-22(27-4)28-18-29-23(21)32;1-3(2,4)5/h9,13,18-20H,5-8,10-12,14-17H2,1-4H3,(H,27,28,29);4-5H,1-2H3. The second kappa shape index (κ2) is 11.6. The Morgan fingerprint density at radius 2 is 1.87 bits per heavy atom. The van der Waals surface area contributed by atoms with Gasteiger partial charge in [0.15, 0.2) is 5.79 Å². The molecule has 3 aliphatic rings. The zero-order valence-electron chi connectivity index (χ0n) is 24.6. The first-order chi connectivity index (χ1) is 18.3. The molecule has 0 aromatic carbocycles. The number of fused-ring (bicyclic) bond motifs is 1. The Morgan fingerprint density at radius 1 is 1.13 bits per heavy atom. The minimum Gasteiger partial charge on any atom is -0.444 e. The van der Waals surface area contributed by atoms with Crippen LogP contribution in [0, 0.1) is 5.92 Å². The molecule has 2 aliphatic heterocycles. The Hall–Kier alpha value is -2.43. The Morgan fingerprint density at radius 3 is 2.56 bits per heavy atom. The molecule has 1 saturated carbocycles. The Labute approximate surface area is 232 Å². The number of hydrogen-bond acceptors (Lipinski definition) is 8. The van der Waals surface area contributed by atoms with Crippen molar-refractivity contribution < 1.29 is 19.7 Å². The van der Waals surface area contributed by atoms with E-state index >= 15 is 0 Å². The van der Waals surface area contributed by atoms with Gasteiger partial charge in [0.05, 0.1) is 5.39 Å². The number of nitrogens with zero attached hydrogens (tertiary/aromatic N) is 5. The first-order valence-corrected chi connectivity index (χ1v) is 14.4. The summed E-state index contributed by atoms with van der Waals surface area (Å²) in [5.74, 6) is 0.0722. The first-order valence-electron chi connectivity index (χ1n) is 14.4. The summed E-state index contributed by atoms with van der Waals surface area (Å²) < 4.78 is 8.05. The molecule has 3 atom stereocenters. The van der Waals surface area contributed by atoms with Gasteiger partial charge in [-0.1, -0.05) is 6.42 Å². The lowest BCUT2D eigenvalue weighted by molar-refractivity contribution is -0.127. The number of piperidine rings is 1. The summed E-state index contributed by atoms with van der Waals surface area (Å²) in [5, 5.41) is 20.4. The summed E-state index contributed by atoms with van der Waals surface area (Å²) in [6, 6.07) is 2.63. The average Bonchev–Trinajstić information content (AvgIpc) is 3.57. The van der Waals surface area contributed by atoms with Crippen LogP contribution in [0.3, 0.4) is 0 Å². The van der Waals surface area contributed by atoms with Crippen molar-refractivity contribution in [1.29, 1.82) is 0 Å². The van der Waals surface area contributed by atoms with E-state index in [4.69, 9.17) is 14.9 Å². The van der Waals surface area contributed by atoms with Crippen LogP contribution in [0.2, 0.25) is 0 Å². The molecule has 1 aliphatic carbocycles. The molecular weight excluding hydrogens is 496 g/mol. The van der Waals surface area contributed by atoms with E-state index in [0.29, 0.717) is 12.0 Å². The number of likely N-dealkylation sites (tertiary alicyclic amines) is 2. The maximum absolute atomic E-state index is 12.7. The average molecular weight is 545 g/mol. The first kappa shape index (κ1) is 29.6. The van der Waals surface area contributed by atoms with Crippen LogP contribution in [0.1, 0.15) is 85.6 Å². The van der Waals surface area contributed by atoms with Crippen LogP contribution in [0.5, 0.6) is 0 Å². The van der Waals surface area contributed by atoms with Crippen LogP contribution in [0.4, 0.5) is 10.6 Å². The number of amides is 1. The van der Waals surface area contributed by atoms with Crippen LogP contribution in [0.15, 0.2) is 18.6 Å². The molecule has 3 fully saturated rings. The third-order valence-electron chi connectivity index (χ3n) is 8.11. The second-order valence-corrected chi connectivity index (χ2v) is 13.0. The molecule has 39 heavy (non-hydrogen) atoms. The van der Waals surface area contributed by atoms with Crippen molar-refractivity contribution >= 4 is 22.9 Å². The number of aromatic nitrogens is 3. The fourth-order valence-corrected chi connectivity index (χ4v) is 6.48. The molecule has 2 aromatic rings. The Bertz CT molecular complexity index is 1120. The van der Waals surface area contributed by atoms with Gasteiger partial charge >= 0.3 is 6.09 Å². The van der Waals surface area contributed by atoms with Gasteiger partial charge in [0.25, 0.3) is 0 Å². The Kier molecular flexibility index (Phi) is 8.78. The predicted molar refractivity (Wildman–Crippen MR) is 153 cm³/mol. The van der Waals surface area contributed by atoms with Crippen molar-refractivity contribution in [3.05, 3.63) is 18.6 Å². The molecule has 2 saturated heterocycles. The third kappa shape index (κ3) is 7.41. The van der Waals surface area contributed by atoms with E-state index in [1.165, 1.54) is 52.4 Å². The fraction of sp³-hybridized carbons (Fsp3) is 0.759. The minimum atomic E-state index is -1.50. The molecule has 1 spiro atoms. The van der Waals surface area contributed by atoms with Gasteiger partial charge in [-0.3, -0.25) is 4.90 Å². The number of hydrogen-bond donors (Lipinski definition) is 3. The molecule has 218 valence electrons. The molecule has 5 rings (SSSR count). The summed E-state index contributed by atoms with van der Waals surface area (Å²) in [6.45, 7) is 12.3. The summed E-state index contributed by atoms with van der Waals surface area (Å²) in [7, 11) is 1.91. The van der Waals surface area contributed by atoms with Crippen molar-refractivity contribution in [2.75, 3.05) is 38.5 Å². The van der Waals surface area contributed by atoms with Crippen molar-refractivity contribution in [2.24, 2.45) is 5.92 Å². The zero-order valence-corrected chi connectivity index (χ0v) is 24.6. The highest BCUT2D eigenvalue weighted by Crippen LogP contribution is 2.42. The largest absolute Gasteiger partial charge is 0.444 e. The molecule has 3 N–H and O–H groups in total. The highest BCUT2D eigenvalue weighted by atomic mass is 16.6. The lowest BCUT2D eigenvalue weighted by atomic mass is 9.84. The molecule has 0 bridgehead atoms. The van der Waals surface area contributed by atoms with Gasteiger partial charge in [-0.15, -0.1) is 0 Å². The maximum atomic E-state index is 12.7. The van der Waals surface area contributed by atoms with E-state index in [-0.39, 0.29) is 11.6 Å². The van der Waals surface area contributed by atoms with Crippen molar-refractivity contribution in [2.45, 2.75) is 103 Å². The highest BCUT2D eigenvalue weighted by Gasteiger charge is 2.47. The normalized spacial score (nSPS) is 26.1. The quantitative estimate of drug-likeness (QED) is 0.486. The summed E-state index contributed by atoms with van der Waals surface area (Å²) in [4.78, 5) is 26.4. The topological polar surface area (TPSA) is 116 Å². The number of nitrogens with one attached hydrogen (secondary N) is 1. The van der Waals surface area contributed by atoms with E-state index < -0.39 is 11.4 Å². The van der Waals surface area contributed by atoms with E-state index in [1.54, 1.807) is 6.33 Å². The van der Waals surface area contributed by atoms with Crippen LogP contribution in [0.25, 0.3) is 11.0 Å². The van der Waals surface area contributed by atoms with Crippen LogP contribution in [-0.2, 0) is 4.74 Å². The number of anilines is 1. The highest BCUT2D eigenvalue weighted by molar-refractivity contribution is 5.87. The summed E-state index contributed by atoms with van der Waals surface area (Å²) in [5.41, 5.74) is 0.713. The molecule has 4 heterocycles. The number of carbonyl (C=O) groups is 1. The lowest BCUT2D eigenvalue weighted by Gasteiger charge is -2.46. The minimum absolute atomic E-state index is 0.127. The maximum Gasteiger partial charge on any atom is 0.410 e. The van der Waals surface area contributed by atoms with Gasteiger partial charge in [0, 0.05) is 44.5 Å². The zero-order chi connectivity index (χ0) is 28.4. The predicted octanol–water partition coefficient (Wildman–Crippen LogP) is 4.39. The second-order valence-electron chi connectivity index (χ2n) is 13.0. The van der Waals surface area contributed by atoms with Crippen LogP contribution < -0.4 is 5.32 Å². The van der Waals surface area contributed by atoms with Crippen LogP contribution >= 0.6 is 0 Å². The van der Waals surface area contributed by atoms with E-state index in [0.717, 1.165) is 49.5 Å². The van der Waals surface area contributed by atoms with Gasteiger partial charge < -0.3 is 29.7 Å². The smallest absolute Gasteiger partial charge is 0.410 e. The van der Waals surface area contributed by atoms with Gasteiger partial charge in [-0.2, -0.15) is 0 Å². The molecule has 0 radical (unpaired) electrons. The van der Waals surface area contributed by atoms with E-state index in [2.05, 4.69) is 37.0 Å². The monoisotopic (exact) mass is 544 g/mol. The van der Waals surface area contributed by atoms with Crippen molar-refractivity contribution in [3.8, 4) is 0 Å². The molecular formula is C29H48N6O4. The van der Waals surface area contributed by atoms with Gasteiger partial charge in [0.1, 0.15) is 23.4 Å². The summed E-state index contributed by atoms with van der Waals surface area (Å²) >= 11 is 0. The molecule has 10 heteroatoms. The number of aliphatic hydroxyl groups is 2. The molecule has 10 nitrogen and oxygen atoms in total. The Balaban J connectivity index is 0.000000648. The van der Waals surface area contributed by atoms with Gasteiger partial charge in [-0.25, -0.2) is 14.8 Å². The third-order valence-corrected chi connectivity index (χ3v) is 8.11. The lowest BCUT2D eigenvalue weighted by Crippen LogP contribution is -2.55. The summed E-state index contributed by atoms with van der Waals surface area (Å²) in [6.07, 6.45) is 12.1. The van der Waals surface area contributed by atoms with E-state index in [1.807, 2.05) is 32.7 Å². The number of carbonyl (C=O) groups excluding carboxylic acids is 1. The molecule has 3 unspecified atom stereocenters. The SMILES string of the molecule is CC(C)(O)O.CNc1ncnc2c1ccn2C1CCC(CN2CCCCC23CCN(C(=O)OC(C)(C)C)C3)C1. The number of ether oxygens (including phenoxy) is 1. The van der Waals surface area contributed by atoms with Crippen LogP contribution in [-0.4, -0.2) is 90.8 Å². The van der Waals surface area contributed by atoms with E-state index in [9.17, 15) is 4.79 Å².